The van der Waals surface area contributed by atoms with E-state index < -0.39 is 0 Å². The third kappa shape index (κ3) is 1.79. The Balaban J connectivity index is 2.21. The quantitative estimate of drug-likeness (QED) is 0.763. The van der Waals surface area contributed by atoms with Crippen molar-refractivity contribution in [1.29, 1.82) is 0 Å². The first kappa shape index (κ1) is 11.5. The number of nitrogens with zero attached hydrogens (tertiary/aromatic N) is 3. The van der Waals surface area contributed by atoms with Gasteiger partial charge in [0.25, 0.3) is 0 Å². The first-order valence-electron chi connectivity index (χ1n) is 5.84. The summed E-state index contributed by atoms with van der Waals surface area (Å²) in [7, 11) is 3.48. The van der Waals surface area contributed by atoms with Crippen molar-refractivity contribution >= 4 is 11.0 Å². The second-order valence-electron chi connectivity index (χ2n) is 4.24. The lowest BCUT2D eigenvalue weighted by Crippen LogP contribution is -1.93. The molecule has 3 aromatic rings. The molecule has 0 aliphatic rings. The number of phenols is 1. The predicted octanol–water partition coefficient (Wildman–Crippen LogP) is 2.35. The second kappa shape index (κ2) is 4.28. The van der Waals surface area contributed by atoms with Gasteiger partial charge in [0.05, 0.1) is 24.4 Å². The fraction of sp³-hybridized carbons (Fsp3) is 0.143. The van der Waals surface area contributed by atoms with Crippen LogP contribution in [0.1, 0.15) is 0 Å². The van der Waals surface area contributed by atoms with Crippen molar-refractivity contribution in [2.75, 3.05) is 7.11 Å². The maximum Gasteiger partial charge on any atom is 0.144 e. The van der Waals surface area contributed by atoms with Gasteiger partial charge in [-0.2, -0.15) is 0 Å². The SMILES string of the molecule is COc1ccc(-c2nc3cnccc3n2C)c(O)c1. The minimum atomic E-state index is 0.144. The number of pyridine rings is 1. The molecule has 0 saturated heterocycles. The number of fused-ring (bicyclic) bond motifs is 1. The standard InChI is InChI=1S/C14H13N3O2/c1-17-12-5-6-15-8-11(12)16-14(17)10-4-3-9(19-2)7-13(10)18/h3-8,18H,1-2H3. The van der Waals surface area contributed by atoms with Crippen LogP contribution >= 0.6 is 0 Å². The Morgan fingerprint density at radius 3 is 2.79 bits per heavy atom. The lowest BCUT2D eigenvalue weighted by molar-refractivity contribution is 0.408. The zero-order chi connectivity index (χ0) is 13.4. The lowest BCUT2D eigenvalue weighted by atomic mass is 10.2. The Kier molecular flexibility index (Phi) is 2.59. The van der Waals surface area contributed by atoms with Crippen molar-refractivity contribution in [2.45, 2.75) is 0 Å². The minimum absolute atomic E-state index is 0.144. The molecule has 0 aliphatic heterocycles. The summed E-state index contributed by atoms with van der Waals surface area (Å²) in [6, 6.07) is 7.06. The summed E-state index contributed by atoms with van der Waals surface area (Å²) < 4.78 is 7.01. The van der Waals surface area contributed by atoms with Crippen LogP contribution in [0.5, 0.6) is 11.5 Å². The van der Waals surface area contributed by atoms with Gasteiger partial charge >= 0.3 is 0 Å². The molecule has 2 heterocycles. The summed E-state index contributed by atoms with van der Waals surface area (Å²) in [5.74, 6) is 1.45. The third-order valence-corrected chi connectivity index (χ3v) is 3.13. The Morgan fingerprint density at radius 1 is 1.26 bits per heavy atom. The molecule has 5 heteroatoms. The predicted molar refractivity (Wildman–Crippen MR) is 72.2 cm³/mol. The molecule has 5 nitrogen and oxygen atoms in total. The van der Waals surface area contributed by atoms with Crippen LogP contribution in [0.15, 0.2) is 36.7 Å². The average molecular weight is 255 g/mol. The highest BCUT2D eigenvalue weighted by Gasteiger charge is 2.13. The molecule has 1 N–H and O–H groups in total. The number of phenolic OH excluding ortho intramolecular Hbond substituents is 1. The van der Waals surface area contributed by atoms with Crippen LogP contribution in [0.4, 0.5) is 0 Å². The van der Waals surface area contributed by atoms with E-state index in [-0.39, 0.29) is 5.75 Å². The maximum absolute atomic E-state index is 10.1. The fourth-order valence-corrected chi connectivity index (χ4v) is 2.12. The van der Waals surface area contributed by atoms with Crippen molar-refractivity contribution in [3.63, 3.8) is 0 Å². The molecule has 0 atom stereocenters. The number of rotatable bonds is 2. The van der Waals surface area contributed by atoms with Crippen LogP contribution < -0.4 is 4.74 Å². The molecule has 0 saturated carbocycles. The van der Waals surface area contributed by atoms with Crippen molar-refractivity contribution in [3.05, 3.63) is 36.7 Å². The number of aryl methyl sites for hydroxylation is 1. The number of hydrogen-bond acceptors (Lipinski definition) is 4. The Hall–Kier alpha value is -2.56. The normalized spacial score (nSPS) is 10.8. The molecule has 0 unspecified atom stereocenters. The number of aromatic hydroxyl groups is 1. The molecule has 1 aromatic carbocycles. The molecule has 0 aliphatic carbocycles. The molecule has 96 valence electrons. The largest absolute Gasteiger partial charge is 0.507 e. The summed E-state index contributed by atoms with van der Waals surface area (Å²) in [5.41, 5.74) is 2.44. The molecule has 0 radical (unpaired) electrons. The van der Waals surface area contributed by atoms with Crippen LogP contribution in [-0.4, -0.2) is 26.8 Å². The van der Waals surface area contributed by atoms with Gasteiger partial charge in [-0.15, -0.1) is 0 Å². The number of benzene rings is 1. The van der Waals surface area contributed by atoms with Gasteiger partial charge in [-0.1, -0.05) is 0 Å². The fourth-order valence-electron chi connectivity index (χ4n) is 2.12. The van der Waals surface area contributed by atoms with E-state index in [0.717, 1.165) is 11.0 Å². The molecule has 0 amide bonds. The molecule has 19 heavy (non-hydrogen) atoms. The monoisotopic (exact) mass is 255 g/mol. The van der Waals surface area contributed by atoms with Crippen LogP contribution in [-0.2, 0) is 7.05 Å². The highest BCUT2D eigenvalue weighted by Crippen LogP contribution is 2.32. The van der Waals surface area contributed by atoms with E-state index in [1.54, 1.807) is 37.7 Å². The van der Waals surface area contributed by atoms with E-state index >= 15 is 0 Å². The third-order valence-electron chi connectivity index (χ3n) is 3.13. The second-order valence-corrected chi connectivity index (χ2v) is 4.24. The first-order chi connectivity index (χ1) is 9.20. The van der Waals surface area contributed by atoms with E-state index in [1.165, 1.54) is 0 Å². The maximum atomic E-state index is 10.1. The molecule has 3 rings (SSSR count). The molecular weight excluding hydrogens is 242 g/mol. The van der Waals surface area contributed by atoms with E-state index in [0.29, 0.717) is 17.1 Å². The highest BCUT2D eigenvalue weighted by molar-refractivity contribution is 5.81. The molecule has 0 bridgehead atoms. The van der Waals surface area contributed by atoms with Gasteiger partial charge in [-0.25, -0.2) is 4.98 Å². The van der Waals surface area contributed by atoms with E-state index in [4.69, 9.17) is 4.74 Å². The van der Waals surface area contributed by atoms with E-state index in [2.05, 4.69) is 9.97 Å². The van der Waals surface area contributed by atoms with Crippen molar-refractivity contribution in [2.24, 2.45) is 7.05 Å². The van der Waals surface area contributed by atoms with Crippen LogP contribution in [0.3, 0.4) is 0 Å². The summed E-state index contributed by atoms with van der Waals surface area (Å²) >= 11 is 0. The van der Waals surface area contributed by atoms with Crippen molar-refractivity contribution in [1.82, 2.24) is 14.5 Å². The number of hydrogen-bond donors (Lipinski definition) is 1. The van der Waals surface area contributed by atoms with Crippen molar-refractivity contribution < 1.29 is 9.84 Å². The summed E-state index contributed by atoms with van der Waals surface area (Å²) in [4.78, 5) is 8.55. The number of aromatic nitrogens is 3. The molecular formula is C14H13N3O2. The molecule has 0 fully saturated rings. The van der Waals surface area contributed by atoms with Crippen LogP contribution in [0.2, 0.25) is 0 Å². The summed E-state index contributed by atoms with van der Waals surface area (Å²) in [6.45, 7) is 0. The first-order valence-corrected chi connectivity index (χ1v) is 5.84. The van der Waals surface area contributed by atoms with Gasteiger partial charge in [0.2, 0.25) is 0 Å². The number of ether oxygens (including phenoxy) is 1. The Labute approximate surface area is 110 Å². The van der Waals surface area contributed by atoms with Gasteiger partial charge in [-0.3, -0.25) is 4.98 Å². The minimum Gasteiger partial charge on any atom is -0.507 e. The lowest BCUT2D eigenvalue weighted by Gasteiger charge is -2.07. The van der Waals surface area contributed by atoms with Crippen LogP contribution in [0, 0.1) is 0 Å². The van der Waals surface area contributed by atoms with Gasteiger partial charge < -0.3 is 14.4 Å². The van der Waals surface area contributed by atoms with Gasteiger partial charge in [0.1, 0.15) is 22.8 Å². The van der Waals surface area contributed by atoms with Gasteiger partial charge in [-0.05, 0) is 18.2 Å². The van der Waals surface area contributed by atoms with Gasteiger partial charge in [0, 0.05) is 19.3 Å². The molecule has 2 aromatic heterocycles. The zero-order valence-electron chi connectivity index (χ0n) is 10.7. The van der Waals surface area contributed by atoms with E-state index in [9.17, 15) is 5.11 Å². The number of imidazole rings is 1. The van der Waals surface area contributed by atoms with Gasteiger partial charge in [0.15, 0.2) is 0 Å². The Morgan fingerprint density at radius 2 is 2.11 bits per heavy atom. The summed E-state index contributed by atoms with van der Waals surface area (Å²) in [5, 5.41) is 10.1. The topological polar surface area (TPSA) is 60.2 Å². The smallest absolute Gasteiger partial charge is 0.144 e. The molecule has 0 spiro atoms. The Bertz CT molecular complexity index is 750. The average Bonchev–Trinajstić information content (AvgIpc) is 2.76. The van der Waals surface area contributed by atoms with Crippen molar-refractivity contribution in [3.8, 4) is 22.9 Å². The van der Waals surface area contributed by atoms with E-state index in [1.807, 2.05) is 17.7 Å². The van der Waals surface area contributed by atoms with Crippen LogP contribution in [0.25, 0.3) is 22.4 Å². The number of methoxy groups -OCH3 is 1. The zero-order valence-corrected chi connectivity index (χ0v) is 10.7. The highest BCUT2D eigenvalue weighted by atomic mass is 16.5. The summed E-state index contributed by atoms with van der Waals surface area (Å²) in [6.07, 6.45) is 3.43.